The van der Waals surface area contributed by atoms with E-state index in [1.54, 1.807) is 20.8 Å². The van der Waals surface area contributed by atoms with Crippen molar-refractivity contribution in [1.82, 2.24) is 14.8 Å². The Labute approximate surface area is 180 Å². The normalized spacial score (nSPS) is 12.8. The van der Waals surface area contributed by atoms with E-state index in [1.807, 2.05) is 23.6 Å². The number of fused-ring (bicyclic) bond motifs is 1. The van der Waals surface area contributed by atoms with Crippen LogP contribution in [0.4, 0.5) is 0 Å². The molecule has 0 amide bonds. The lowest BCUT2D eigenvalue weighted by molar-refractivity contribution is -0.143. The Morgan fingerprint density at radius 3 is 2.43 bits per heavy atom. The second kappa shape index (κ2) is 8.60. The van der Waals surface area contributed by atoms with Crippen LogP contribution >= 0.6 is 11.8 Å². The molecule has 30 heavy (non-hydrogen) atoms. The number of Topliss-reactive ketones (excluding diaryl/α,β-unsaturated/α-hetero) is 1. The first-order valence-electron chi connectivity index (χ1n) is 10.0. The second-order valence-electron chi connectivity index (χ2n) is 7.99. The highest BCUT2D eigenvalue weighted by Gasteiger charge is 2.33. The maximum absolute atomic E-state index is 12.8. The van der Waals surface area contributed by atoms with Crippen LogP contribution in [-0.4, -0.2) is 36.4 Å². The van der Waals surface area contributed by atoms with Crippen LogP contribution < -0.4 is 0 Å². The average Bonchev–Trinajstić information content (AvgIpc) is 3.06. The van der Waals surface area contributed by atoms with Gasteiger partial charge in [-0.15, -0.1) is 10.2 Å². The SMILES string of the molecule is CCc1ccc(-n2c(C)nnc2SC(C)(C)C(=O)CC(C)C(=O)O)c2ccccc12. The molecule has 1 aromatic heterocycles. The number of rotatable bonds is 8. The number of hydrogen-bond donors (Lipinski definition) is 1. The fourth-order valence-corrected chi connectivity index (χ4v) is 4.49. The zero-order chi connectivity index (χ0) is 22.1. The minimum absolute atomic E-state index is 0.0173. The number of carbonyl (C=O) groups is 2. The van der Waals surface area contributed by atoms with Crippen LogP contribution in [-0.2, 0) is 16.0 Å². The maximum atomic E-state index is 12.8. The van der Waals surface area contributed by atoms with Gasteiger partial charge in [-0.05, 0) is 44.2 Å². The minimum atomic E-state index is -0.967. The van der Waals surface area contributed by atoms with E-state index in [0.29, 0.717) is 5.16 Å². The van der Waals surface area contributed by atoms with Gasteiger partial charge in [-0.3, -0.25) is 14.2 Å². The van der Waals surface area contributed by atoms with Crippen LogP contribution in [0.5, 0.6) is 0 Å². The van der Waals surface area contributed by atoms with Crippen molar-refractivity contribution in [3.05, 3.63) is 47.8 Å². The van der Waals surface area contributed by atoms with Gasteiger partial charge in [0.15, 0.2) is 5.16 Å². The molecule has 0 spiro atoms. The molecule has 3 aromatic rings. The zero-order valence-corrected chi connectivity index (χ0v) is 18.8. The van der Waals surface area contributed by atoms with Gasteiger partial charge in [0.1, 0.15) is 11.6 Å². The molecule has 0 aliphatic carbocycles. The van der Waals surface area contributed by atoms with Crippen molar-refractivity contribution in [2.45, 2.75) is 57.4 Å². The topological polar surface area (TPSA) is 85.1 Å². The molecule has 0 saturated carbocycles. The predicted octanol–water partition coefficient (Wildman–Crippen LogP) is 4.84. The van der Waals surface area contributed by atoms with Gasteiger partial charge in [-0.2, -0.15) is 0 Å². The van der Waals surface area contributed by atoms with Gasteiger partial charge in [0.05, 0.1) is 16.4 Å². The summed E-state index contributed by atoms with van der Waals surface area (Å²) in [7, 11) is 0. The Morgan fingerprint density at radius 1 is 1.13 bits per heavy atom. The van der Waals surface area contributed by atoms with Crippen LogP contribution in [0.2, 0.25) is 0 Å². The zero-order valence-electron chi connectivity index (χ0n) is 18.0. The van der Waals surface area contributed by atoms with Gasteiger partial charge in [-0.25, -0.2) is 0 Å². The molecule has 3 rings (SSSR count). The van der Waals surface area contributed by atoms with Crippen molar-refractivity contribution >= 4 is 34.3 Å². The van der Waals surface area contributed by atoms with E-state index in [-0.39, 0.29) is 12.2 Å². The highest BCUT2D eigenvalue weighted by atomic mass is 32.2. The molecule has 0 aliphatic heterocycles. The van der Waals surface area contributed by atoms with E-state index >= 15 is 0 Å². The van der Waals surface area contributed by atoms with Crippen molar-refractivity contribution in [1.29, 1.82) is 0 Å². The highest BCUT2D eigenvalue weighted by molar-refractivity contribution is 8.01. The molecule has 1 heterocycles. The van der Waals surface area contributed by atoms with Gasteiger partial charge in [0.25, 0.3) is 0 Å². The van der Waals surface area contributed by atoms with Crippen molar-refractivity contribution in [3.8, 4) is 5.69 Å². The number of carbonyl (C=O) groups excluding carboxylic acids is 1. The summed E-state index contributed by atoms with van der Waals surface area (Å²) in [4.78, 5) is 23.9. The number of benzene rings is 2. The second-order valence-corrected chi connectivity index (χ2v) is 9.58. The molecule has 0 fully saturated rings. The Hall–Kier alpha value is -2.67. The monoisotopic (exact) mass is 425 g/mol. The molecule has 7 heteroatoms. The molecule has 1 unspecified atom stereocenters. The molecule has 158 valence electrons. The molecular formula is C23H27N3O3S. The third kappa shape index (κ3) is 4.26. The third-order valence-electron chi connectivity index (χ3n) is 5.34. The number of thioether (sulfide) groups is 1. The van der Waals surface area contributed by atoms with E-state index in [0.717, 1.165) is 23.3 Å². The first-order valence-corrected chi connectivity index (χ1v) is 10.9. The number of aryl methyl sites for hydroxylation is 2. The number of aliphatic carboxylic acids is 1. The van der Waals surface area contributed by atoms with E-state index in [1.165, 1.54) is 22.7 Å². The lowest BCUT2D eigenvalue weighted by atomic mass is 9.97. The molecule has 0 bridgehead atoms. The summed E-state index contributed by atoms with van der Waals surface area (Å²) in [6.07, 6.45) is 0.920. The summed E-state index contributed by atoms with van der Waals surface area (Å²) in [5.41, 5.74) is 2.24. The van der Waals surface area contributed by atoms with Gasteiger partial charge >= 0.3 is 5.97 Å². The Morgan fingerprint density at radius 2 is 1.80 bits per heavy atom. The average molecular weight is 426 g/mol. The van der Waals surface area contributed by atoms with E-state index in [4.69, 9.17) is 5.11 Å². The lowest BCUT2D eigenvalue weighted by Crippen LogP contribution is -2.31. The Bertz CT molecular complexity index is 1100. The van der Waals surface area contributed by atoms with Crippen LogP contribution in [0, 0.1) is 12.8 Å². The van der Waals surface area contributed by atoms with Crippen LogP contribution in [0.25, 0.3) is 16.5 Å². The fourth-order valence-electron chi connectivity index (χ4n) is 3.43. The largest absolute Gasteiger partial charge is 0.481 e. The maximum Gasteiger partial charge on any atom is 0.306 e. The van der Waals surface area contributed by atoms with Crippen LogP contribution in [0.3, 0.4) is 0 Å². The minimum Gasteiger partial charge on any atom is -0.481 e. The highest BCUT2D eigenvalue weighted by Crippen LogP contribution is 2.37. The third-order valence-corrected chi connectivity index (χ3v) is 6.52. The molecule has 0 saturated heterocycles. The standard InChI is InChI=1S/C23H27N3O3S/c1-6-16-11-12-19(18-10-8-7-9-17(16)18)26-15(3)24-25-22(26)30-23(4,5)20(27)13-14(2)21(28)29/h7-12,14H,6,13H2,1-5H3,(H,28,29). The lowest BCUT2D eigenvalue weighted by Gasteiger charge is -2.23. The summed E-state index contributed by atoms with van der Waals surface area (Å²) < 4.78 is 1.14. The first kappa shape index (κ1) is 22.0. The molecule has 6 nitrogen and oxygen atoms in total. The number of carboxylic acids is 1. The van der Waals surface area contributed by atoms with E-state index < -0.39 is 16.6 Å². The van der Waals surface area contributed by atoms with Crippen molar-refractivity contribution in [2.24, 2.45) is 5.92 Å². The van der Waals surface area contributed by atoms with Crippen molar-refractivity contribution in [3.63, 3.8) is 0 Å². The predicted molar refractivity (Wildman–Crippen MR) is 119 cm³/mol. The summed E-state index contributed by atoms with van der Waals surface area (Å²) in [6, 6.07) is 12.4. The van der Waals surface area contributed by atoms with E-state index in [2.05, 4.69) is 41.4 Å². The molecule has 0 aliphatic rings. The smallest absolute Gasteiger partial charge is 0.306 e. The van der Waals surface area contributed by atoms with Crippen LogP contribution in [0.15, 0.2) is 41.6 Å². The van der Waals surface area contributed by atoms with Gasteiger partial charge in [0.2, 0.25) is 0 Å². The number of nitrogens with zero attached hydrogens (tertiary/aromatic N) is 3. The van der Waals surface area contributed by atoms with Crippen molar-refractivity contribution < 1.29 is 14.7 Å². The quantitative estimate of drug-likeness (QED) is 0.520. The Balaban J connectivity index is 2.02. The summed E-state index contributed by atoms with van der Waals surface area (Å²) in [6.45, 7) is 9.19. The molecule has 1 atom stereocenters. The van der Waals surface area contributed by atoms with Gasteiger partial charge in [0, 0.05) is 11.8 Å². The molecule has 2 aromatic carbocycles. The van der Waals surface area contributed by atoms with E-state index in [9.17, 15) is 9.59 Å². The molecule has 1 N–H and O–H groups in total. The number of ketones is 1. The summed E-state index contributed by atoms with van der Waals surface area (Å²) in [5, 5.41) is 20.6. The summed E-state index contributed by atoms with van der Waals surface area (Å²) in [5.74, 6) is -1.08. The number of hydrogen-bond acceptors (Lipinski definition) is 5. The number of carboxylic acid groups (broad SMARTS) is 1. The van der Waals surface area contributed by atoms with Crippen LogP contribution in [0.1, 0.15) is 45.5 Å². The first-order chi connectivity index (χ1) is 14.2. The van der Waals surface area contributed by atoms with Gasteiger partial charge in [-0.1, -0.05) is 55.9 Å². The summed E-state index contributed by atoms with van der Waals surface area (Å²) >= 11 is 1.32. The molecule has 0 radical (unpaired) electrons. The van der Waals surface area contributed by atoms with Gasteiger partial charge < -0.3 is 5.11 Å². The number of aromatic nitrogens is 3. The molecular weight excluding hydrogens is 398 g/mol. The fraction of sp³-hybridized carbons (Fsp3) is 0.391. The Kier molecular flexibility index (Phi) is 6.31. The van der Waals surface area contributed by atoms with Crippen molar-refractivity contribution in [2.75, 3.05) is 0 Å².